The monoisotopic (exact) mass is 1910 g/mol. The highest BCUT2D eigenvalue weighted by Gasteiger charge is 2.53. The van der Waals surface area contributed by atoms with Crippen LogP contribution in [-0.2, 0) is 67.2 Å². The smallest absolute Gasteiger partial charge is 0.342 e. The van der Waals surface area contributed by atoms with Crippen LogP contribution in [0.3, 0.4) is 0 Å². The highest BCUT2D eigenvalue weighted by atomic mass is 16.5. The van der Waals surface area contributed by atoms with E-state index in [9.17, 15) is 71.9 Å². The van der Waals surface area contributed by atoms with E-state index in [2.05, 4.69) is 0 Å². The number of carbonyl (C=O) groups excluding carboxylic acids is 15. The van der Waals surface area contributed by atoms with Crippen LogP contribution < -0.4 is 43.9 Å². The Balaban J connectivity index is 0.000000129. The number of amides is 20. The van der Waals surface area contributed by atoms with E-state index in [0.29, 0.717) is 86.3 Å². The van der Waals surface area contributed by atoms with Crippen molar-refractivity contribution in [1.82, 2.24) is 9.80 Å². The van der Waals surface area contributed by atoms with E-state index in [1.54, 1.807) is 291 Å². The first kappa shape index (κ1) is 98.2. The van der Waals surface area contributed by atoms with Crippen molar-refractivity contribution < 1.29 is 76.7 Å². The molecule has 20 amide bonds. The summed E-state index contributed by atoms with van der Waals surface area (Å²) in [5, 5.41) is 0. The standard InChI is InChI=1S/C25H22N2O3.C24H20N2O3.C23H18N2O4.2C23H18N2O3/c28-23-22(18-20-12-6-2-7-13-20)24(29)27(21-14-8-3-9-15-21)25(30)26(23)17-16-19-10-4-1-5-11-19;27-22-21(19-12-6-2-7-13-19)23(28)26(20-14-8-3-9-15-20)24(29)25(22)17-16-18-10-4-1-5-11-18;1-29-19-14-12-18(13-15-19)25-22(27)20(16-8-4-2-5-9-16)21(26)24(23(25)28)17-10-6-3-7-11-17;1-16-9-8-14-19(15-16)25-22(27)20(17-10-4-2-5-11-17)21(26)24(23(25)28)18-12-6-3-7-13-18;1-16-12-14-19(15-13-16)25-22(27)20(17-8-4-2-5-9-17)21(26)24(23(25)28)18-10-6-3-7-11-18/h1-15,22H,16-18H2;1-15,21H,16-17H2;2-15,20H,1H3;2*2-15,20H,1H3. The molecule has 5 unspecified atom stereocenters. The van der Waals surface area contributed by atoms with Gasteiger partial charge in [0, 0.05) is 13.1 Å². The first-order valence-corrected chi connectivity index (χ1v) is 46.5. The lowest BCUT2D eigenvalue weighted by Gasteiger charge is -2.37. The lowest BCUT2D eigenvalue weighted by atomic mass is 9.93. The van der Waals surface area contributed by atoms with Crippen molar-refractivity contribution in [3.63, 3.8) is 0 Å². The van der Waals surface area contributed by atoms with E-state index in [4.69, 9.17) is 4.74 Å². The number of rotatable bonds is 21. The van der Waals surface area contributed by atoms with E-state index in [0.717, 1.165) is 67.0 Å². The highest BCUT2D eigenvalue weighted by Crippen LogP contribution is 2.40. The molecule has 26 heteroatoms. The molecule has 0 aromatic heterocycles. The summed E-state index contributed by atoms with van der Waals surface area (Å²) in [6.07, 6.45) is 1.32. The number of hydrogen-bond acceptors (Lipinski definition) is 16. The van der Waals surface area contributed by atoms with Crippen LogP contribution >= 0.6 is 0 Å². The van der Waals surface area contributed by atoms with Gasteiger partial charge in [0.15, 0.2) is 0 Å². The molecule has 5 atom stereocenters. The maximum Gasteiger partial charge on any atom is 0.342 e. The van der Waals surface area contributed by atoms with Gasteiger partial charge in [-0.2, -0.15) is 0 Å². The molecule has 5 heterocycles. The molecule has 0 spiro atoms. The second kappa shape index (κ2) is 45.6. The van der Waals surface area contributed by atoms with Crippen molar-refractivity contribution in [1.29, 1.82) is 0 Å². The largest absolute Gasteiger partial charge is 0.497 e. The van der Waals surface area contributed by atoms with Crippen LogP contribution in [0.5, 0.6) is 5.75 Å². The summed E-state index contributed by atoms with van der Waals surface area (Å²) in [4.78, 5) is 210. The highest BCUT2D eigenvalue weighted by molar-refractivity contribution is 6.41. The fourth-order valence-corrected chi connectivity index (χ4v) is 17.3. The lowest BCUT2D eigenvalue weighted by Crippen LogP contribution is -2.60. The fraction of sp³-hybridized carbons (Fsp3) is 0.110. The molecule has 20 rings (SSSR count). The molecule has 5 aliphatic rings. The van der Waals surface area contributed by atoms with Crippen LogP contribution in [-0.4, -0.2) is 119 Å². The van der Waals surface area contributed by atoms with Crippen LogP contribution in [0.4, 0.5) is 69.5 Å². The molecule has 0 aliphatic carbocycles. The summed E-state index contributed by atoms with van der Waals surface area (Å²) in [5.41, 5.74) is 10.6. The van der Waals surface area contributed by atoms with Gasteiger partial charge in [0.2, 0.25) is 17.7 Å². The van der Waals surface area contributed by atoms with Gasteiger partial charge in [-0.05, 0) is 187 Å². The number of imide groups is 10. The number of carbonyl (C=O) groups is 15. The van der Waals surface area contributed by atoms with Crippen molar-refractivity contribution in [3.8, 4) is 5.75 Å². The summed E-state index contributed by atoms with van der Waals surface area (Å²) < 4.78 is 5.16. The Morgan fingerprint density at radius 3 is 0.722 bits per heavy atom. The molecule has 0 radical (unpaired) electrons. The molecule has 26 nitrogen and oxygen atoms in total. The molecular weight excluding hydrogens is 1810 g/mol. The molecule has 0 bridgehead atoms. The van der Waals surface area contributed by atoms with E-state index in [1.165, 1.54) is 16.9 Å². The predicted molar refractivity (Wildman–Crippen MR) is 549 cm³/mol. The zero-order chi connectivity index (χ0) is 101. The Labute approximate surface area is 831 Å². The van der Waals surface area contributed by atoms with Gasteiger partial charge in [0.1, 0.15) is 35.3 Å². The Kier molecular flexibility index (Phi) is 31.1. The average Bonchev–Trinajstić information content (AvgIpc) is 0.759. The van der Waals surface area contributed by atoms with E-state index < -0.39 is 119 Å². The molecule has 5 saturated heterocycles. The third-order valence-corrected chi connectivity index (χ3v) is 24.6. The number of anilines is 8. The van der Waals surface area contributed by atoms with Crippen molar-refractivity contribution in [3.05, 3.63) is 487 Å². The van der Waals surface area contributed by atoms with Gasteiger partial charge in [0.05, 0.1) is 52.6 Å². The second-order valence-corrected chi connectivity index (χ2v) is 33.9. The zero-order valence-corrected chi connectivity index (χ0v) is 78.5. The number of para-hydroxylation sites is 5. The fourth-order valence-electron chi connectivity index (χ4n) is 17.3. The maximum atomic E-state index is 13.3. The van der Waals surface area contributed by atoms with Crippen molar-refractivity contribution in [2.45, 2.75) is 56.8 Å². The van der Waals surface area contributed by atoms with Crippen molar-refractivity contribution >= 4 is 135 Å². The number of urea groups is 5. The number of benzene rings is 15. The Bertz CT molecular complexity index is 6940. The molecule has 144 heavy (non-hydrogen) atoms. The summed E-state index contributed by atoms with van der Waals surface area (Å²) >= 11 is 0. The van der Waals surface area contributed by atoms with Gasteiger partial charge in [-0.3, -0.25) is 57.7 Å². The Morgan fingerprint density at radius 1 is 0.201 bits per heavy atom. The molecular formula is C118H96N10O16. The average molecular weight is 1910 g/mol. The normalized spacial score (nSPS) is 17.0. The van der Waals surface area contributed by atoms with Gasteiger partial charge >= 0.3 is 30.2 Å². The molecule has 15 aromatic carbocycles. The number of ether oxygens (including phenoxy) is 1. The Morgan fingerprint density at radius 2 is 0.431 bits per heavy atom. The first-order valence-electron chi connectivity index (χ1n) is 46.5. The summed E-state index contributed by atoms with van der Waals surface area (Å²) in [6, 6.07) is 125. The minimum atomic E-state index is -1.11. The first-order chi connectivity index (χ1) is 70.1. The maximum absolute atomic E-state index is 13.3. The third-order valence-electron chi connectivity index (χ3n) is 24.6. The molecule has 714 valence electrons. The molecule has 5 fully saturated rings. The van der Waals surface area contributed by atoms with Crippen LogP contribution in [0.15, 0.2) is 437 Å². The number of nitrogens with zero attached hydrogens (tertiary/aromatic N) is 10. The van der Waals surface area contributed by atoms with E-state index in [-0.39, 0.29) is 19.5 Å². The van der Waals surface area contributed by atoms with Gasteiger partial charge in [-0.1, -0.05) is 333 Å². The van der Waals surface area contributed by atoms with Gasteiger partial charge < -0.3 is 4.74 Å². The number of methoxy groups -OCH3 is 1. The van der Waals surface area contributed by atoms with E-state index in [1.807, 2.05) is 159 Å². The minimum Gasteiger partial charge on any atom is -0.497 e. The van der Waals surface area contributed by atoms with Crippen LogP contribution in [0.1, 0.15) is 73.7 Å². The zero-order valence-electron chi connectivity index (χ0n) is 78.5. The second-order valence-electron chi connectivity index (χ2n) is 33.9. The molecule has 0 N–H and O–H groups in total. The summed E-state index contributed by atoms with van der Waals surface area (Å²) in [5.74, 6) is -9.88. The van der Waals surface area contributed by atoms with Gasteiger partial charge in [-0.15, -0.1) is 0 Å². The predicted octanol–water partition coefficient (Wildman–Crippen LogP) is 20.6. The quantitative estimate of drug-likeness (QED) is 0.0604. The number of barbiturate groups is 5. The van der Waals surface area contributed by atoms with Crippen LogP contribution in [0.2, 0.25) is 0 Å². The number of hydrogen-bond donors (Lipinski definition) is 0. The molecule has 15 aromatic rings. The number of aryl methyl sites for hydroxylation is 2. The van der Waals surface area contributed by atoms with Crippen LogP contribution in [0.25, 0.3) is 0 Å². The van der Waals surface area contributed by atoms with Gasteiger partial charge in [-0.25, -0.2) is 63.2 Å². The van der Waals surface area contributed by atoms with Gasteiger partial charge in [0.25, 0.3) is 41.4 Å². The lowest BCUT2D eigenvalue weighted by molar-refractivity contribution is -0.141. The molecule has 0 saturated carbocycles. The van der Waals surface area contributed by atoms with E-state index >= 15 is 0 Å². The Hall–Kier alpha value is -18.9. The summed E-state index contributed by atoms with van der Waals surface area (Å²) in [6.45, 7) is 4.25. The minimum absolute atomic E-state index is 0.210. The van der Waals surface area contributed by atoms with Crippen molar-refractivity contribution in [2.24, 2.45) is 5.92 Å². The SMILES string of the molecule is COc1ccc(N2C(=O)C(c3ccccc3)C(=O)N(c3ccccc3)C2=O)cc1.Cc1ccc(N2C(=O)C(c3ccccc3)C(=O)N(c3ccccc3)C2=O)cc1.Cc1cccc(N2C(=O)C(c3ccccc3)C(=O)N(c3ccccc3)C2=O)c1.O=C1C(Cc2ccccc2)C(=O)N(c2ccccc2)C(=O)N1CCc1ccccc1.O=C1C(c2ccccc2)C(=O)N(c2ccccc2)C(=O)N1CCc1ccccc1. The molecule has 5 aliphatic heterocycles. The van der Waals surface area contributed by atoms with Crippen molar-refractivity contribution in [2.75, 3.05) is 59.4 Å². The topological polar surface area (TPSA) is 298 Å². The van der Waals surface area contributed by atoms with Crippen LogP contribution in [0, 0.1) is 19.8 Å². The summed E-state index contributed by atoms with van der Waals surface area (Å²) in [7, 11) is 1.54. The third kappa shape index (κ3) is 21.7.